The number of nitrogens with zero attached hydrogens (tertiary/aromatic N) is 1. The van der Waals surface area contributed by atoms with E-state index in [1.807, 2.05) is 36.2 Å². The van der Waals surface area contributed by atoms with Crippen molar-refractivity contribution >= 4 is 23.2 Å². The van der Waals surface area contributed by atoms with E-state index in [2.05, 4.69) is 29.7 Å². The summed E-state index contributed by atoms with van der Waals surface area (Å²) in [6, 6.07) is 16.6. The first-order chi connectivity index (χ1) is 12.6. The molecule has 0 saturated heterocycles. The van der Waals surface area contributed by atoms with Crippen molar-refractivity contribution in [1.82, 2.24) is 5.43 Å². The average Bonchev–Trinajstić information content (AvgIpc) is 2.67. The van der Waals surface area contributed by atoms with E-state index in [9.17, 15) is 4.79 Å². The van der Waals surface area contributed by atoms with Crippen LogP contribution in [-0.4, -0.2) is 11.9 Å². The lowest BCUT2D eigenvalue weighted by molar-refractivity contribution is -0.118. The molecule has 26 heavy (non-hydrogen) atoms. The van der Waals surface area contributed by atoms with E-state index in [4.69, 9.17) is 11.6 Å². The molecule has 0 bridgehead atoms. The van der Waals surface area contributed by atoms with Gasteiger partial charge in [-0.2, -0.15) is 0 Å². The second-order valence-electron chi connectivity index (χ2n) is 7.16. The summed E-state index contributed by atoms with van der Waals surface area (Å²) in [7, 11) is 0. The number of rotatable bonds is 3. The van der Waals surface area contributed by atoms with Gasteiger partial charge in [0.15, 0.2) is 0 Å². The van der Waals surface area contributed by atoms with Crippen molar-refractivity contribution in [2.24, 2.45) is 0 Å². The normalized spacial score (nSPS) is 20.0. The van der Waals surface area contributed by atoms with E-state index in [0.29, 0.717) is 0 Å². The Hall–Kier alpha value is -2.26. The average molecular weight is 367 g/mol. The highest BCUT2D eigenvalue weighted by atomic mass is 35.5. The highest BCUT2D eigenvalue weighted by Crippen LogP contribution is 2.36. The molecule has 2 aromatic rings. The van der Waals surface area contributed by atoms with Crippen LogP contribution in [0, 0.1) is 6.92 Å². The molecule has 1 aliphatic carbocycles. The van der Waals surface area contributed by atoms with E-state index in [1.165, 1.54) is 11.1 Å². The minimum atomic E-state index is 0.0423. The second kappa shape index (κ2) is 7.16. The quantitative estimate of drug-likeness (QED) is 0.830. The number of nitrogens with one attached hydrogen (secondary N) is 1. The number of amides is 1. The van der Waals surface area contributed by atoms with Crippen LogP contribution in [0.3, 0.4) is 0 Å². The molecule has 1 N–H and O–H groups in total. The monoisotopic (exact) mass is 366 g/mol. The van der Waals surface area contributed by atoms with Crippen molar-refractivity contribution in [2.75, 3.05) is 5.01 Å². The van der Waals surface area contributed by atoms with Crippen molar-refractivity contribution in [1.29, 1.82) is 0 Å². The molecule has 2 aliphatic rings. The Morgan fingerprint density at radius 2 is 1.88 bits per heavy atom. The maximum atomic E-state index is 12.7. The Kier molecular flexibility index (Phi) is 4.73. The second-order valence-corrected chi connectivity index (χ2v) is 7.57. The largest absolute Gasteiger partial charge is 0.278 e. The lowest BCUT2D eigenvalue weighted by Crippen LogP contribution is -2.55. The number of hydrogen-bond acceptors (Lipinski definition) is 2. The van der Waals surface area contributed by atoms with Crippen LogP contribution in [0.15, 0.2) is 59.7 Å². The molecule has 134 valence electrons. The van der Waals surface area contributed by atoms with Gasteiger partial charge in [-0.1, -0.05) is 48.0 Å². The van der Waals surface area contributed by atoms with Crippen molar-refractivity contribution in [3.8, 4) is 0 Å². The Morgan fingerprint density at radius 3 is 2.65 bits per heavy atom. The molecule has 0 fully saturated rings. The van der Waals surface area contributed by atoms with E-state index < -0.39 is 0 Å². The highest BCUT2D eigenvalue weighted by molar-refractivity contribution is 6.31. The summed E-state index contributed by atoms with van der Waals surface area (Å²) in [6.45, 7) is 1.99. The van der Waals surface area contributed by atoms with Crippen LogP contribution in [0.25, 0.3) is 0 Å². The molecule has 1 atom stereocenters. The molecule has 0 spiro atoms. The van der Waals surface area contributed by atoms with Crippen LogP contribution in [0.4, 0.5) is 5.69 Å². The lowest BCUT2D eigenvalue weighted by atomic mass is 9.83. The Bertz CT molecular complexity index is 860. The first-order valence-corrected chi connectivity index (χ1v) is 9.63. The fourth-order valence-electron chi connectivity index (χ4n) is 3.99. The van der Waals surface area contributed by atoms with Crippen molar-refractivity contribution in [2.45, 2.75) is 45.1 Å². The highest BCUT2D eigenvalue weighted by Gasteiger charge is 2.35. The van der Waals surface area contributed by atoms with Gasteiger partial charge < -0.3 is 0 Å². The topological polar surface area (TPSA) is 32.3 Å². The van der Waals surface area contributed by atoms with Crippen LogP contribution in [0.5, 0.6) is 0 Å². The standard InChI is InChI=1S/C22H23ClN2O/c1-15-11-12-17(14-20(15)23)25-21(13-16-7-3-2-4-8-16)18-9-5-6-10-19(18)22(26)24-25/h2-4,7-8,11-12,14,21H,5-6,9-10,13H2,1H3,(H,24,26). The fourth-order valence-corrected chi connectivity index (χ4v) is 4.17. The summed E-state index contributed by atoms with van der Waals surface area (Å²) >= 11 is 6.36. The van der Waals surface area contributed by atoms with E-state index in [0.717, 1.165) is 54.0 Å². The molecule has 4 rings (SSSR count). The number of anilines is 1. The maximum absolute atomic E-state index is 12.7. The van der Waals surface area contributed by atoms with Crippen LogP contribution >= 0.6 is 11.6 Å². The van der Waals surface area contributed by atoms with Gasteiger partial charge in [-0.05, 0) is 67.9 Å². The molecule has 1 amide bonds. The predicted molar refractivity (Wildman–Crippen MR) is 106 cm³/mol. The molecule has 1 unspecified atom stereocenters. The summed E-state index contributed by atoms with van der Waals surface area (Å²) in [5.74, 6) is 0.0423. The molecule has 3 nitrogen and oxygen atoms in total. The number of aryl methyl sites for hydroxylation is 1. The zero-order valence-corrected chi connectivity index (χ0v) is 15.7. The summed E-state index contributed by atoms with van der Waals surface area (Å²) in [5, 5.41) is 2.74. The zero-order chi connectivity index (χ0) is 18.1. The summed E-state index contributed by atoms with van der Waals surface area (Å²) in [5.41, 5.74) is 8.66. The van der Waals surface area contributed by atoms with Crippen molar-refractivity contribution < 1.29 is 4.79 Å². The molecule has 1 aliphatic heterocycles. The van der Waals surface area contributed by atoms with Crippen LogP contribution < -0.4 is 10.4 Å². The van der Waals surface area contributed by atoms with Gasteiger partial charge in [0.1, 0.15) is 0 Å². The van der Waals surface area contributed by atoms with Crippen LogP contribution in [0.2, 0.25) is 5.02 Å². The van der Waals surface area contributed by atoms with Gasteiger partial charge in [0, 0.05) is 10.6 Å². The smallest absolute Gasteiger partial charge is 0.265 e. The summed E-state index contributed by atoms with van der Waals surface area (Å²) < 4.78 is 0. The summed E-state index contributed by atoms with van der Waals surface area (Å²) in [4.78, 5) is 12.7. The number of carbonyl (C=O) groups excluding carboxylic acids is 1. The number of hydrogen-bond donors (Lipinski definition) is 1. The third-order valence-electron chi connectivity index (χ3n) is 5.43. The molecular formula is C22H23ClN2O. The molecule has 2 aromatic carbocycles. The number of benzene rings is 2. The Morgan fingerprint density at radius 1 is 1.12 bits per heavy atom. The third kappa shape index (κ3) is 3.24. The van der Waals surface area contributed by atoms with Gasteiger partial charge in [-0.15, -0.1) is 0 Å². The zero-order valence-electron chi connectivity index (χ0n) is 15.0. The number of carbonyl (C=O) groups is 1. The molecular weight excluding hydrogens is 344 g/mol. The first-order valence-electron chi connectivity index (χ1n) is 9.25. The molecule has 0 saturated carbocycles. The van der Waals surface area contributed by atoms with E-state index >= 15 is 0 Å². The van der Waals surface area contributed by atoms with Gasteiger partial charge in [-0.3, -0.25) is 15.2 Å². The van der Waals surface area contributed by atoms with Gasteiger partial charge in [0.05, 0.1) is 11.7 Å². The van der Waals surface area contributed by atoms with Gasteiger partial charge in [-0.25, -0.2) is 0 Å². The lowest BCUT2D eigenvalue weighted by Gasteiger charge is -2.42. The Balaban J connectivity index is 1.76. The van der Waals surface area contributed by atoms with Gasteiger partial charge >= 0.3 is 0 Å². The molecule has 1 heterocycles. The van der Waals surface area contributed by atoms with Crippen LogP contribution in [-0.2, 0) is 11.2 Å². The maximum Gasteiger partial charge on any atom is 0.265 e. The van der Waals surface area contributed by atoms with Gasteiger partial charge in [0.2, 0.25) is 0 Å². The van der Waals surface area contributed by atoms with Crippen molar-refractivity contribution in [3.05, 3.63) is 75.8 Å². The third-order valence-corrected chi connectivity index (χ3v) is 5.83. The first kappa shape index (κ1) is 17.2. The fraction of sp³-hybridized carbons (Fsp3) is 0.318. The molecule has 0 aromatic heterocycles. The minimum Gasteiger partial charge on any atom is -0.278 e. The number of hydrazine groups is 1. The molecule has 4 heteroatoms. The van der Waals surface area contributed by atoms with E-state index in [-0.39, 0.29) is 11.9 Å². The van der Waals surface area contributed by atoms with Crippen molar-refractivity contribution in [3.63, 3.8) is 0 Å². The van der Waals surface area contributed by atoms with Gasteiger partial charge in [0.25, 0.3) is 5.91 Å². The number of halogens is 1. The molecule has 0 radical (unpaired) electrons. The minimum absolute atomic E-state index is 0.0423. The van der Waals surface area contributed by atoms with E-state index in [1.54, 1.807) is 0 Å². The Labute approximate surface area is 159 Å². The SMILES string of the molecule is Cc1ccc(N2NC(=O)C3=C(CCCC3)C2Cc2ccccc2)cc1Cl. The van der Waals surface area contributed by atoms with Crippen LogP contribution in [0.1, 0.15) is 36.8 Å². The summed E-state index contributed by atoms with van der Waals surface area (Å²) in [6.07, 6.45) is 5.00. The predicted octanol–water partition coefficient (Wildman–Crippen LogP) is 4.98.